The van der Waals surface area contributed by atoms with E-state index in [0.29, 0.717) is 34.6 Å². The van der Waals surface area contributed by atoms with Crippen molar-refractivity contribution in [2.75, 3.05) is 20.6 Å². The molecule has 43 heavy (non-hydrogen) atoms. The number of piperidine rings is 1. The van der Waals surface area contributed by atoms with E-state index in [1.54, 1.807) is 11.1 Å². The summed E-state index contributed by atoms with van der Waals surface area (Å²) in [7, 11) is 4.36. The molecule has 3 aliphatic carbocycles. The lowest BCUT2D eigenvalue weighted by molar-refractivity contribution is 0.120. The lowest BCUT2D eigenvalue weighted by Gasteiger charge is -2.43. The predicted octanol–water partition coefficient (Wildman–Crippen LogP) is 11.0. The van der Waals surface area contributed by atoms with Gasteiger partial charge >= 0.3 is 0 Å². The summed E-state index contributed by atoms with van der Waals surface area (Å²) in [6, 6.07) is 0.488. The van der Waals surface area contributed by atoms with Crippen LogP contribution in [0.2, 0.25) is 0 Å². The number of nitrogens with zero attached hydrogens (tertiary/aromatic N) is 1. The van der Waals surface area contributed by atoms with Gasteiger partial charge in [-0.15, -0.1) is 0 Å². The van der Waals surface area contributed by atoms with Crippen molar-refractivity contribution in [2.45, 2.75) is 132 Å². The number of nitrogens with one attached hydrogen (secondary N) is 1. The summed E-state index contributed by atoms with van der Waals surface area (Å²) >= 11 is 0. The molecule has 0 radical (unpaired) electrons. The van der Waals surface area contributed by atoms with Gasteiger partial charge in [0.15, 0.2) is 0 Å². The summed E-state index contributed by atoms with van der Waals surface area (Å²) in [5.41, 5.74) is 10.8. The second-order valence-corrected chi connectivity index (χ2v) is 15.8. The second-order valence-electron chi connectivity index (χ2n) is 15.8. The largest absolute Gasteiger partial charge is 0.381 e. The van der Waals surface area contributed by atoms with Gasteiger partial charge in [-0.05, 0) is 121 Å². The predicted molar refractivity (Wildman–Crippen MR) is 189 cm³/mol. The van der Waals surface area contributed by atoms with Crippen LogP contribution in [-0.2, 0) is 0 Å². The number of allylic oxidation sites excluding steroid dienone is 9. The van der Waals surface area contributed by atoms with Crippen LogP contribution in [0.3, 0.4) is 0 Å². The molecule has 2 fully saturated rings. The van der Waals surface area contributed by atoms with Crippen molar-refractivity contribution in [1.82, 2.24) is 10.2 Å². The molecule has 1 aliphatic heterocycles. The minimum Gasteiger partial charge on any atom is -0.381 e. The minimum atomic E-state index is 0.395. The van der Waals surface area contributed by atoms with E-state index in [-0.39, 0.29) is 0 Å². The van der Waals surface area contributed by atoms with Crippen LogP contribution < -0.4 is 5.32 Å². The van der Waals surface area contributed by atoms with Gasteiger partial charge in [-0.2, -0.15) is 0 Å². The molecule has 1 N–H and O–H groups in total. The fourth-order valence-electron chi connectivity index (χ4n) is 9.07. The summed E-state index contributed by atoms with van der Waals surface area (Å²) in [5.74, 6) is 2.71. The second kappa shape index (κ2) is 14.5. The van der Waals surface area contributed by atoms with Crippen LogP contribution in [-0.4, -0.2) is 31.6 Å². The van der Waals surface area contributed by atoms with Crippen molar-refractivity contribution in [3.05, 3.63) is 70.5 Å². The van der Waals surface area contributed by atoms with Gasteiger partial charge in [0.2, 0.25) is 0 Å². The smallest absolute Gasteiger partial charge is 0.0277 e. The van der Waals surface area contributed by atoms with Gasteiger partial charge in [0, 0.05) is 43.7 Å². The number of hydrogen-bond donors (Lipinski definition) is 1. The Hall–Kier alpha value is -1.80. The van der Waals surface area contributed by atoms with Crippen molar-refractivity contribution in [2.24, 2.45) is 34.5 Å². The van der Waals surface area contributed by atoms with E-state index in [1.807, 2.05) is 11.1 Å². The molecule has 2 heteroatoms. The average Bonchev–Trinajstić information content (AvgIpc) is 3.59. The standard InChI is InChI=1S/C41H66N2/c1-11-13-15-29(3)30(4)18-19-31(5)33-16-14-17-36-37-26-35(22-20-33)40(7,8)28-41(36,37)25-24-32(6)38-23-21-34(27-42-38)39(12-2)43(9)10/h11-13,18,20,29,31,34-35,38,42H,6,14-17,19,21-28H2,1-5,7-10H3/b13-11-,30-18+,33-20+,39-12-. The van der Waals surface area contributed by atoms with E-state index in [4.69, 9.17) is 0 Å². The lowest BCUT2D eigenvalue weighted by Crippen LogP contribution is -2.42. The molecule has 2 bridgehead atoms. The van der Waals surface area contributed by atoms with Gasteiger partial charge in [-0.1, -0.05) is 92.5 Å². The van der Waals surface area contributed by atoms with Crippen LogP contribution in [0.1, 0.15) is 126 Å². The maximum Gasteiger partial charge on any atom is 0.0277 e. The summed E-state index contributed by atoms with van der Waals surface area (Å²) in [4.78, 5) is 2.29. The highest BCUT2D eigenvalue weighted by molar-refractivity contribution is 5.52. The van der Waals surface area contributed by atoms with Crippen molar-refractivity contribution in [3.63, 3.8) is 0 Å². The Labute approximate surface area is 266 Å². The number of rotatable bonds is 12. The summed E-state index contributed by atoms with van der Waals surface area (Å²) in [6.45, 7) is 22.4. The van der Waals surface area contributed by atoms with E-state index in [1.165, 1.54) is 81.9 Å². The van der Waals surface area contributed by atoms with E-state index >= 15 is 0 Å². The van der Waals surface area contributed by atoms with Crippen LogP contribution in [0.4, 0.5) is 0 Å². The topological polar surface area (TPSA) is 15.3 Å². The quantitative estimate of drug-likeness (QED) is 0.229. The zero-order valence-corrected chi connectivity index (χ0v) is 29.6. The average molecular weight is 587 g/mol. The van der Waals surface area contributed by atoms with Crippen molar-refractivity contribution < 1.29 is 0 Å². The summed E-state index contributed by atoms with van der Waals surface area (Å²) < 4.78 is 0. The molecule has 240 valence electrons. The third-order valence-corrected chi connectivity index (χ3v) is 12.3. The fourth-order valence-corrected chi connectivity index (χ4v) is 9.07. The number of fused-ring (bicyclic) bond motifs is 2. The zero-order chi connectivity index (χ0) is 31.4. The molecular weight excluding hydrogens is 520 g/mol. The van der Waals surface area contributed by atoms with Gasteiger partial charge in [-0.25, -0.2) is 0 Å². The van der Waals surface area contributed by atoms with Gasteiger partial charge in [0.25, 0.3) is 0 Å². The molecule has 0 amide bonds. The van der Waals surface area contributed by atoms with Crippen LogP contribution in [0.15, 0.2) is 70.5 Å². The van der Waals surface area contributed by atoms with Gasteiger partial charge in [0.1, 0.15) is 0 Å². The Morgan fingerprint density at radius 3 is 2.53 bits per heavy atom. The van der Waals surface area contributed by atoms with Crippen LogP contribution >= 0.6 is 0 Å². The monoisotopic (exact) mass is 587 g/mol. The van der Waals surface area contributed by atoms with Crippen molar-refractivity contribution in [3.8, 4) is 0 Å². The maximum atomic E-state index is 4.66. The molecule has 1 heterocycles. The van der Waals surface area contributed by atoms with Gasteiger partial charge in [0.05, 0.1) is 0 Å². The summed E-state index contributed by atoms with van der Waals surface area (Å²) in [6.07, 6.45) is 27.2. The Balaban J connectivity index is 1.34. The van der Waals surface area contributed by atoms with Gasteiger partial charge < -0.3 is 10.2 Å². The highest BCUT2D eigenvalue weighted by Gasteiger charge is 2.58. The Morgan fingerprint density at radius 2 is 1.88 bits per heavy atom. The molecular formula is C41H66N2. The fraction of sp³-hybridized carbons (Fsp3) is 0.707. The molecule has 0 spiro atoms. The normalized spacial score (nSPS) is 32.2. The first-order chi connectivity index (χ1) is 20.4. The highest BCUT2D eigenvalue weighted by Crippen LogP contribution is 2.70. The first-order valence-corrected chi connectivity index (χ1v) is 17.9. The third kappa shape index (κ3) is 7.89. The van der Waals surface area contributed by atoms with Crippen molar-refractivity contribution >= 4 is 0 Å². The van der Waals surface area contributed by atoms with E-state index in [0.717, 1.165) is 18.9 Å². The Kier molecular flexibility index (Phi) is 11.5. The molecule has 4 aliphatic rings. The molecule has 0 aromatic rings. The van der Waals surface area contributed by atoms with Crippen LogP contribution in [0.5, 0.6) is 0 Å². The Morgan fingerprint density at radius 1 is 1.12 bits per heavy atom. The molecule has 1 saturated heterocycles. The minimum absolute atomic E-state index is 0.395. The SMILES string of the molecule is C=C(CCC12CC(C)(C)C3C/C=C(/C(C)C/C=C(\C)C(C)C/C=C\C)CCCC1=C2C3)C1CCC(/C(=C/C)N(C)C)CN1. The Bertz CT molecular complexity index is 1130. The maximum absolute atomic E-state index is 4.66. The summed E-state index contributed by atoms with van der Waals surface area (Å²) in [5, 5.41) is 3.89. The molecule has 1 saturated carbocycles. The lowest BCUT2D eigenvalue weighted by atomic mass is 9.61. The molecule has 6 atom stereocenters. The van der Waals surface area contributed by atoms with Crippen molar-refractivity contribution in [1.29, 1.82) is 0 Å². The molecule has 0 aromatic carbocycles. The number of hydrogen-bond acceptors (Lipinski definition) is 2. The van der Waals surface area contributed by atoms with Gasteiger partial charge in [-0.3, -0.25) is 0 Å². The highest BCUT2D eigenvalue weighted by atomic mass is 15.1. The molecule has 0 aromatic heterocycles. The molecule has 2 nitrogen and oxygen atoms in total. The third-order valence-electron chi connectivity index (χ3n) is 12.3. The first kappa shape index (κ1) is 34.1. The van der Waals surface area contributed by atoms with E-state index in [9.17, 15) is 0 Å². The molecule has 4 rings (SSSR count). The van der Waals surface area contributed by atoms with Crippen LogP contribution in [0, 0.1) is 34.5 Å². The van der Waals surface area contributed by atoms with E-state index < -0.39 is 0 Å². The molecule has 6 unspecified atom stereocenters. The zero-order valence-electron chi connectivity index (χ0n) is 29.6. The first-order valence-electron chi connectivity index (χ1n) is 17.9. The van der Waals surface area contributed by atoms with E-state index in [2.05, 4.69) is 110 Å². The van der Waals surface area contributed by atoms with Crippen LogP contribution in [0.25, 0.3) is 0 Å².